The number of hydrogen-bond donors (Lipinski definition) is 1. The molecule has 2 N–H and O–H groups in total. The topological polar surface area (TPSA) is 70.8 Å². The number of aryl methyl sites for hydroxylation is 1. The maximum absolute atomic E-state index is 11.5. The number of rotatable bonds is 7. The normalized spacial score (nSPS) is 11.7. The second-order valence-electron chi connectivity index (χ2n) is 5.76. The van der Waals surface area contributed by atoms with Crippen LogP contribution in [0.4, 0.5) is 0 Å². The minimum atomic E-state index is -0.663. The Hall–Kier alpha value is -2.53. The van der Waals surface area contributed by atoms with Gasteiger partial charge in [0.25, 0.3) is 0 Å². The molecule has 0 fully saturated rings. The van der Waals surface area contributed by atoms with Crippen LogP contribution in [-0.2, 0) is 22.4 Å². The van der Waals surface area contributed by atoms with E-state index in [1.54, 1.807) is 14.2 Å². The maximum Gasteiger partial charge on any atom is 0.322 e. The highest BCUT2D eigenvalue weighted by molar-refractivity contribution is 5.78. The lowest BCUT2D eigenvalue weighted by Crippen LogP contribution is -2.33. The standard InChI is InChI=1S/C20H25NO4/c1-5-13-11-17(23-2)19(18(12-13)24-3)15-8-6-14(7-9-15)10-16(21)20(22)25-4/h6-9,11-12,16H,5,10,21H2,1-4H3/t16-/m0/s1. The summed E-state index contributed by atoms with van der Waals surface area (Å²) < 4.78 is 15.8. The molecule has 0 aliphatic carbocycles. The maximum atomic E-state index is 11.5. The fourth-order valence-corrected chi connectivity index (χ4v) is 2.75. The third-order valence-corrected chi connectivity index (χ3v) is 4.18. The van der Waals surface area contributed by atoms with Crippen LogP contribution in [0.5, 0.6) is 11.5 Å². The van der Waals surface area contributed by atoms with Crippen LogP contribution in [0.1, 0.15) is 18.1 Å². The zero-order valence-electron chi connectivity index (χ0n) is 15.2. The third-order valence-electron chi connectivity index (χ3n) is 4.18. The molecule has 25 heavy (non-hydrogen) atoms. The van der Waals surface area contributed by atoms with Gasteiger partial charge in [-0.15, -0.1) is 0 Å². The van der Waals surface area contributed by atoms with E-state index in [0.29, 0.717) is 6.42 Å². The Balaban J connectivity index is 2.35. The van der Waals surface area contributed by atoms with E-state index < -0.39 is 12.0 Å². The van der Waals surface area contributed by atoms with Crippen LogP contribution in [0.3, 0.4) is 0 Å². The van der Waals surface area contributed by atoms with E-state index in [1.165, 1.54) is 7.11 Å². The summed E-state index contributed by atoms with van der Waals surface area (Å²) in [5.41, 5.74) is 9.82. The zero-order valence-corrected chi connectivity index (χ0v) is 15.2. The first-order valence-corrected chi connectivity index (χ1v) is 8.21. The molecule has 0 spiro atoms. The van der Waals surface area contributed by atoms with Gasteiger partial charge in [0.2, 0.25) is 0 Å². The van der Waals surface area contributed by atoms with Gasteiger partial charge in [0.1, 0.15) is 17.5 Å². The van der Waals surface area contributed by atoms with Crippen molar-refractivity contribution in [1.29, 1.82) is 0 Å². The van der Waals surface area contributed by atoms with Crippen molar-refractivity contribution in [1.82, 2.24) is 0 Å². The monoisotopic (exact) mass is 343 g/mol. The quantitative estimate of drug-likeness (QED) is 0.783. The minimum absolute atomic E-state index is 0.414. The van der Waals surface area contributed by atoms with Crippen molar-refractivity contribution in [3.8, 4) is 22.6 Å². The number of carbonyl (C=O) groups is 1. The van der Waals surface area contributed by atoms with E-state index in [0.717, 1.165) is 40.2 Å². The Morgan fingerprint density at radius 2 is 1.56 bits per heavy atom. The highest BCUT2D eigenvalue weighted by Gasteiger charge is 2.16. The molecule has 2 rings (SSSR count). The summed E-state index contributed by atoms with van der Waals surface area (Å²) in [6, 6.07) is 11.2. The Bertz CT molecular complexity index is 700. The van der Waals surface area contributed by atoms with Gasteiger partial charge in [0.15, 0.2) is 0 Å². The van der Waals surface area contributed by atoms with Crippen molar-refractivity contribution in [3.05, 3.63) is 47.5 Å². The zero-order chi connectivity index (χ0) is 18.4. The van der Waals surface area contributed by atoms with Crippen molar-refractivity contribution in [3.63, 3.8) is 0 Å². The van der Waals surface area contributed by atoms with Gasteiger partial charge in [-0.25, -0.2) is 0 Å². The average Bonchev–Trinajstić information content (AvgIpc) is 2.66. The van der Waals surface area contributed by atoms with Crippen molar-refractivity contribution < 1.29 is 19.0 Å². The lowest BCUT2D eigenvalue weighted by atomic mass is 9.97. The predicted octanol–water partition coefficient (Wildman–Crippen LogP) is 2.98. The Morgan fingerprint density at radius 1 is 1.00 bits per heavy atom. The fourth-order valence-electron chi connectivity index (χ4n) is 2.75. The Kier molecular flexibility index (Phi) is 6.42. The van der Waals surface area contributed by atoms with Crippen LogP contribution in [0.2, 0.25) is 0 Å². The lowest BCUT2D eigenvalue weighted by Gasteiger charge is -2.16. The van der Waals surface area contributed by atoms with Crippen LogP contribution in [0, 0.1) is 0 Å². The Morgan fingerprint density at radius 3 is 2.00 bits per heavy atom. The molecular formula is C20H25NO4. The van der Waals surface area contributed by atoms with Gasteiger partial charge in [0.05, 0.1) is 26.9 Å². The summed E-state index contributed by atoms with van der Waals surface area (Å²) in [7, 11) is 4.65. The number of nitrogens with two attached hydrogens (primary N) is 1. The lowest BCUT2D eigenvalue weighted by molar-refractivity contribution is -0.142. The number of hydrogen-bond acceptors (Lipinski definition) is 5. The predicted molar refractivity (Wildman–Crippen MR) is 98.1 cm³/mol. The van der Waals surface area contributed by atoms with Crippen LogP contribution in [0.15, 0.2) is 36.4 Å². The molecule has 0 saturated heterocycles. The molecule has 134 valence electrons. The molecule has 0 unspecified atom stereocenters. The molecule has 0 saturated carbocycles. The van der Waals surface area contributed by atoms with E-state index >= 15 is 0 Å². The van der Waals surface area contributed by atoms with Crippen LogP contribution < -0.4 is 15.2 Å². The molecule has 0 aliphatic rings. The van der Waals surface area contributed by atoms with Crippen LogP contribution >= 0.6 is 0 Å². The fraction of sp³-hybridized carbons (Fsp3) is 0.350. The molecule has 2 aromatic carbocycles. The van der Waals surface area contributed by atoms with Gasteiger partial charge in [-0.3, -0.25) is 4.79 Å². The van der Waals surface area contributed by atoms with E-state index in [9.17, 15) is 4.79 Å². The van der Waals surface area contributed by atoms with E-state index in [1.807, 2.05) is 36.4 Å². The number of ether oxygens (including phenoxy) is 3. The Labute approximate surface area is 148 Å². The molecule has 0 radical (unpaired) electrons. The molecule has 0 bridgehead atoms. The molecule has 2 aromatic rings. The van der Waals surface area contributed by atoms with Crippen molar-refractivity contribution in [2.45, 2.75) is 25.8 Å². The van der Waals surface area contributed by atoms with Crippen LogP contribution in [-0.4, -0.2) is 33.3 Å². The third kappa shape index (κ3) is 4.31. The molecule has 1 atom stereocenters. The molecule has 0 aliphatic heterocycles. The average molecular weight is 343 g/mol. The second kappa shape index (κ2) is 8.53. The van der Waals surface area contributed by atoms with E-state index in [4.69, 9.17) is 15.2 Å². The first-order chi connectivity index (χ1) is 12.0. The van der Waals surface area contributed by atoms with Gasteiger partial charge < -0.3 is 19.9 Å². The first-order valence-electron chi connectivity index (χ1n) is 8.21. The second-order valence-corrected chi connectivity index (χ2v) is 5.76. The summed E-state index contributed by atoms with van der Waals surface area (Å²) >= 11 is 0. The number of carbonyl (C=O) groups excluding carboxylic acids is 1. The van der Waals surface area contributed by atoms with Gasteiger partial charge >= 0.3 is 5.97 Å². The number of esters is 1. The minimum Gasteiger partial charge on any atom is -0.496 e. The van der Waals surface area contributed by atoms with Crippen molar-refractivity contribution >= 4 is 5.97 Å². The highest BCUT2D eigenvalue weighted by atomic mass is 16.5. The first kappa shape index (κ1) is 18.8. The molecule has 5 nitrogen and oxygen atoms in total. The largest absolute Gasteiger partial charge is 0.496 e. The summed E-state index contributed by atoms with van der Waals surface area (Å²) in [5, 5.41) is 0. The summed E-state index contributed by atoms with van der Waals surface area (Å²) in [5.74, 6) is 1.13. The number of methoxy groups -OCH3 is 3. The highest BCUT2D eigenvalue weighted by Crippen LogP contribution is 2.39. The van der Waals surface area contributed by atoms with Gasteiger partial charge in [-0.05, 0) is 41.7 Å². The molecule has 5 heteroatoms. The molecular weight excluding hydrogens is 318 g/mol. The van der Waals surface area contributed by atoms with Gasteiger partial charge in [0, 0.05) is 0 Å². The van der Waals surface area contributed by atoms with E-state index in [-0.39, 0.29) is 0 Å². The smallest absolute Gasteiger partial charge is 0.322 e. The molecule has 0 amide bonds. The summed E-state index contributed by atoms with van der Waals surface area (Å²) in [6.45, 7) is 2.09. The summed E-state index contributed by atoms with van der Waals surface area (Å²) in [6.07, 6.45) is 1.33. The number of benzene rings is 2. The van der Waals surface area contributed by atoms with Crippen molar-refractivity contribution in [2.75, 3.05) is 21.3 Å². The summed E-state index contributed by atoms with van der Waals surface area (Å²) in [4.78, 5) is 11.5. The molecule has 0 aromatic heterocycles. The SMILES string of the molecule is CCc1cc(OC)c(-c2ccc(C[C@H](N)C(=O)OC)cc2)c(OC)c1. The van der Waals surface area contributed by atoms with E-state index in [2.05, 4.69) is 11.7 Å². The molecule has 0 heterocycles. The van der Waals surface area contributed by atoms with Crippen molar-refractivity contribution in [2.24, 2.45) is 5.73 Å². The van der Waals surface area contributed by atoms with Gasteiger partial charge in [-0.2, -0.15) is 0 Å². The van der Waals surface area contributed by atoms with Gasteiger partial charge in [-0.1, -0.05) is 31.2 Å². The van der Waals surface area contributed by atoms with Crippen LogP contribution in [0.25, 0.3) is 11.1 Å².